The van der Waals surface area contributed by atoms with Gasteiger partial charge in [0.1, 0.15) is 19.8 Å². The predicted octanol–water partition coefficient (Wildman–Crippen LogP) is 22.7. The van der Waals surface area contributed by atoms with Crippen LogP contribution in [-0.2, 0) is 32.7 Å². The Morgan fingerprint density at radius 3 is 1.01 bits per heavy atom. The van der Waals surface area contributed by atoms with Gasteiger partial charge in [-0.15, -0.1) is 0 Å². The molecule has 1 N–H and O–H groups in total. The summed E-state index contributed by atoms with van der Waals surface area (Å²) >= 11 is 0. The number of likely N-dealkylation sites (N-methyl/N-ethyl adjacent to an activating group) is 1. The molecule has 0 bridgehead atoms. The molecule has 2 unspecified atom stereocenters. The number of phosphoric ester groups is 1. The van der Waals surface area contributed by atoms with Crippen molar-refractivity contribution in [3.63, 3.8) is 0 Å². The van der Waals surface area contributed by atoms with E-state index in [0.29, 0.717) is 17.4 Å². The third-order valence-corrected chi connectivity index (χ3v) is 16.1. The Hall–Kier alpha value is -3.07. The highest BCUT2D eigenvalue weighted by molar-refractivity contribution is 7.47. The van der Waals surface area contributed by atoms with E-state index in [2.05, 4.69) is 111 Å². The minimum Gasteiger partial charge on any atom is -0.462 e. The Morgan fingerprint density at radius 1 is 0.381 bits per heavy atom. The Kier molecular flexibility index (Phi) is 62.1. The van der Waals surface area contributed by atoms with Crippen LogP contribution in [-0.4, -0.2) is 74.9 Å². The summed E-state index contributed by atoms with van der Waals surface area (Å²) in [4.78, 5) is 35.8. The summed E-state index contributed by atoms with van der Waals surface area (Å²) in [5.74, 6) is -0.803. The van der Waals surface area contributed by atoms with Crippen molar-refractivity contribution in [1.29, 1.82) is 0 Å². The number of phosphoric acid groups is 1. The topological polar surface area (TPSA) is 108 Å². The lowest BCUT2D eigenvalue weighted by molar-refractivity contribution is -0.870. The van der Waals surface area contributed by atoms with E-state index in [1.165, 1.54) is 186 Å². The van der Waals surface area contributed by atoms with Crippen LogP contribution in [0.25, 0.3) is 0 Å². The molecule has 0 aromatic heterocycles. The van der Waals surface area contributed by atoms with Gasteiger partial charge in [0.15, 0.2) is 6.10 Å². The van der Waals surface area contributed by atoms with Crippen LogP contribution in [0.2, 0.25) is 0 Å². The van der Waals surface area contributed by atoms with Gasteiger partial charge in [0, 0.05) is 12.8 Å². The van der Waals surface area contributed by atoms with Crippen molar-refractivity contribution in [1.82, 2.24) is 0 Å². The first-order valence-electron chi connectivity index (χ1n) is 35.0. The van der Waals surface area contributed by atoms with E-state index in [0.717, 1.165) is 89.9 Å². The summed E-state index contributed by atoms with van der Waals surface area (Å²) < 4.78 is 34.7. The Bertz CT molecular complexity index is 1740. The quantitative estimate of drug-likeness (QED) is 0.0211. The number of carbonyl (C=O) groups excluding carboxylic acids is 2. The summed E-state index contributed by atoms with van der Waals surface area (Å²) in [6, 6.07) is 0. The molecule has 84 heavy (non-hydrogen) atoms. The standard InChI is InChI=1S/C74H132NO8P/c1-6-8-10-12-14-16-18-20-22-24-26-28-30-31-32-33-34-35-36-37-38-39-40-41-42-43-45-46-48-50-52-54-56-58-60-62-64-66-73(76)80-70-72(71-82-84(78,79)81-69-68-75(3,4)5)83-74(77)67-65-63-61-59-57-55-53-51-49-47-44-29-27-25-23-21-19-17-15-13-11-9-7-2/h9,11,15,17-18,20-21,23-24,26-27,29-31,47,49,72H,6-8,10,12-14,16,19,22,25,28,32-46,48,50-71H2,1-5H3/p+1/b11-9-,17-15-,20-18-,23-21-,26-24-,29-27-,31-30-,49-47-. The molecule has 2 atom stereocenters. The number of nitrogens with zero attached hydrogens (tertiary/aromatic N) is 1. The second kappa shape index (κ2) is 64.4. The van der Waals surface area contributed by atoms with E-state index >= 15 is 0 Å². The molecule has 0 aromatic carbocycles. The van der Waals surface area contributed by atoms with Crippen LogP contribution >= 0.6 is 7.82 Å². The van der Waals surface area contributed by atoms with Gasteiger partial charge >= 0.3 is 19.8 Å². The molecule has 9 nitrogen and oxygen atoms in total. The lowest BCUT2D eigenvalue weighted by Crippen LogP contribution is -2.37. The number of esters is 2. The fourth-order valence-corrected chi connectivity index (χ4v) is 10.5. The van der Waals surface area contributed by atoms with E-state index in [1.54, 1.807) is 0 Å². The van der Waals surface area contributed by atoms with Gasteiger partial charge < -0.3 is 18.9 Å². The molecule has 0 radical (unpaired) electrons. The van der Waals surface area contributed by atoms with E-state index in [1.807, 2.05) is 21.1 Å². The molecule has 0 spiro atoms. The molecular weight excluding hydrogens is 1060 g/mol. The van der Waals surface area contributed by atoms with Crippen molar-refractivity contribution in [2.75, 3.05) is 47.5 Å². The van der Waals surface area contributed by atoms with Crippen molar-refractivity contribution in [3.8, 4) is 0 Å². The zero-order chi connectivity index (χ0) is 61.2. The summed E-state index contributed by atoms with van der Waals surface area (Å²) in [5, 5.41) is 0. The molecule has 0 aliphatic rings. The normalized spacial score (nSPS) is 13.7. The number of ether oxygens (including phenoxy) is 2. The lowest BCUT2D eigenvalue weighted by Gasteiger charge is -2.24. The fraction of sp³-hybridized carbons (Fsp3) is 0.757. The maximum Gasteiger partial charge on any atom is 0.472 e. The Morgan fingerprint density at radius 2 is 0.679 bits per heavy atom. The van der Waals surface area contributed by atoms with Crippen molar-refractivity contribution < 1.29 is 42.1 Å². The second-order valence-corrected chi connectivity index (χ2v) is 26.0. The number of allylic oxidation sites excluding steroid dienone is 16. The van der Waals surface area contributed by atoms with Gasteiger partial charge in [-0.3, -0.25) is 18.6 Å². The predicted molar refractivity (Wildman–Crippen MR) is 362 cm³/mol. The van der Waals surface area contributed by atoms with Crippen LogP contribution in [0.4, 0.5) is 0 Å². The van der Waals surface area contributed by atoms with Gasteiger partial charge in [0.2, 0.25) is 0 Å². The smallest absolute Gasteiger partial charge is 0.462 e. The number of hydrogen-bond donors (Lipinski definition) is 1. The molecule has 0 saturated carbocycles. The Balaban J connectivity index is 4.00. The number of hydrogen-bond acceptors (Lipinski definition) is 7. The zero-order valence-electron chi connectivity index (χ0n) is 55.4. The van der Waals surface area contributed by atoms with Crippen LogP contribution in [0.5, 0.6) is 0 Å². The number of quaternary nitrogens is 1. The molecule has 0 saturated heterocycles. The molecule has 0 aliphatic carbocycles. The number of unbranched alkanes of at least 4 members (excludes halogenated alkanes) is 34. The lowest BCUT2D eigenvalue weighted by atomic mass is 10.0. The van der Waals surface area contributed by atoms with Gasteiger partial charge in [-0.25, -0.2) is 4.57 Å². The van der Waals surface area contributed by atoms with Gasteiger partial charge in [0.05, 0.1) is 27.7 Å². The third-order valence-electron chi connectivity index (χ3n) is 15.1. The minimum atomic E-state index is -4.40. The first-order valence-corrected chi connectivity index (χ1v) is 36.5. The molecule has 0 rings (SSSR count). The SMILES string of the molecule is CC/C=C\C/C=C\C/C=C\C/C=C\C/C=C\CCCCCCCCCC(=O)OC(COC(=O)CCCCCCCCCCCCCCCCCCCCCCCC/C=C\C/C=C\C/C=C\CCCCCCC)COP(=O)(O)OCC[N+](C)(C)C. The largest absolute Gasteiger partial charge is 0.472 e. The monoisotopic (exact) mass is 1190 g/mol. The third kappa shape index (κ3) is 68.0. The van der Waals surface area contributed by atoms with E-state index in [4.69, 9.17) is 18.5 Å². The molecule has 10 heteroatoms. The van der Waals surface area contributed by atoms with Crippen LogP contribution in [0.15, 0.2) is 97.2 Å². The summed E-state index contributed by atoms with van der Waals surface area (Å²) in [6.45, 7) is 4.32. The van der Waals surface area contributed by atoms with E-state index in [9.17, 15) is 19.0 Å². The molecular formula is C74H133NO8P+. The second-order valence-electron chi connectivity index (χ2n) is 24.5. The summed E-state index contributed by atoms with van der Waals surface area (Å²) in [7, 11) is 1.47. The molecule has 0 amide bonds. The highest BCUT2D eigenvalue weighted by Crippen LogP contribution is 2.43. The fourth-order valence-electron chi connectivity index (χ4n) is 9.76. The van der Waals surface area contributed by atoms with Gasteiger partial charge in [-0.1, -0.05) is 297 Å². The first kappa shape index (κ1) is 80.9. The van der Waals surface area contributed by atoms with Crippen LogP contribution in [0.1, 0.15) is 309 Å². The van der Waals surface area contributed by atoms with Gasteiger partial charge in [-0.2, -0.15) is 0 Å². The minimum absolute atomic E-state index is 0.0264. The van der Waals surface area contributed by atoms with Crippen molar-refractivity contribution in [2.45, 2.75) is 315 Å². The van der Waals surface area contributed by atoms with Crippen LogP contribution in [0.3, 0.4) is 0 Å². The average molecular weight is 1200 g/mol. The first-order chi connectivity index (χ1) is 41.0. The molecule has 486 valence electrons. The van der Waals surface area contributed by atoms with Crippen molar-refractivity contribution >= 4 is 19.8 Å². The summed E-state index contributed by atoms with van der Waals surface area (Å²) in [6.07, 6.45) is 89.5. The highest BCUT2D eigenvalue weighted by atomic mass is 31.2. The number of carbonyl (C=O) groups is 2. The van der Waals surface area contributed by atoms with Crippen LogP contribution < -0.4 is 0 Å². The maximum atomic E-state index is 12.9. The number of rotatable bonds is 64. The van der Waals surface area contributed by atoms with Crippen molar-refractivity contribution in [2.24, 2.45) is 0 Å². The molecule has 0 aromatic rings. The van der Waals surface area contributed by atoms with E-state index < -0.39 is 26.5 Å². The van der Waals surface area contributed by atoms with Crippen molar-refractivity contribution in [3.05, 3.63) is 97.2 Å². The van der Waals surface area contributed by atoms with E-state index in [-0.39, 0.29) is 32.0 Å². The summed E-state index contributed by atoms with van der Waals surface area (Å²) in [5.41, 5.74) is 0. The Labute approximate surface area is 519 Å². The maximum absolute atomic E-state index is 12.9. The molecule has 0 heterocycles. The molecule has 0 aliphatic heterocycles. The average Bonchev–Trinajstić information content (AvgIpc) is 3.61. The zero-order valence-corrected chi connectivity index (χ0v) is 56.3. The van der Waals surface area contributed by atoms with Gasteiger partial charge in [0.25, 0.3) is 0 Å². The molecule has 0 fully saturated rings. The van der Waals surface area contributed by atoms with Crippen LogP contribution in [0, 0.1) is 0 Å². The van der Waals surface area contributed by atoms with Gasteiger partial charge in [-0.05, 0) is 96.3 Å². The highest BCUT2D eigenvalue weighted by Gasteiger charge is 2.27.